The molecule has 0 aliphatic heterocycles. The van der Waals surface area contributed by atoms with Crippen molar-refractivity contribution in [2.75, 3.05) is 13.7 Å². The van der Waals surface area contributed by atoms with Crippen LogP contribution >= 0.6 is 0 Å². The van der Waals surface area contributed by atoms with Gasteiger partial charge in [-0.05, 0) is 63.2 Å². The van der Waals surface area contributed by atoms with Crippen LogP contribution in [0.2, 0.25) is 0 Å². The van der Waals surface area contributed by atoms with Crippen LogP contribution in [0.1, 0.15) is 53.9 Å². The number of allylic oxidation sites excluding steroid dienone is 3. The molecule has 2 nitrogen and oxygen atoms in total. The van der Waals surface area contributed by atoms with Gasteiger partial charge in [0.2, 0.25) is 0 Å². The fourth-order valence-electron chi connectivity index (χ4n) is 2.73. The first-order valence-corrected chi connectivity index (χ1v) is 7.58. The quantitative estimate of drug-likeness (QED) is 0.635. The zero-order valence-electron chi connectivity index (χ0n) is 14.0. The summed E-state index contributed by atoms with van der Waals surface area (Å²) in [6, 6.07) is 0. The Labute approximate surface area is 124 Å². The lowest BCUT2D eigenvalue weighted by Crippen LogP contribution is -2.23. The van der Waals surface area contributed by atoms with Gasteiger partial charge in [-0.25, -0.2) is 0 Å². The van der Waals surface area contributed by atoms with Crippen LogP contribution in [0.25, 0.3) is 0 Å². The van der Waals surface area contributed by atoms with Crippen LogP contribution in [0.5, 0.6) is 0 Å². The molecule has 1 rings (SSSR count). The lowest BCUT2D eigenvalue weighted by Gasteiger charge is -2.33. The van der Waals surface area contributed by atoms with E-state index >= 15 is 0 Å². The van der Waals surface area contributed by atoms with Crippen molar-refractivity contribution in [3.8, 4) is 0 Å². The van der Waals surface area contributed by atoms with Gasteiger partial charge in [-0.2, -0.15) is 0 Å². The van der Waals surface area contributed by atoms with Gasteiger partial charge < -0.3 is 9.47 Å². The second-order valence-corrected chi connectivity index (χ2v) is 6.41. The number of rotatable bonds is 6. The maximum atomic E-state index is 5.60. The highest BCUT2D eigenvalue weighted by molar-refractivity contribution is 5.34. The average Bonchev–Trinajstić information content (AvgIpc) is 2.38. The van der Waals surface area contributed by atoms with Crippen LogP contribution in [-0.2, 0) is 9.47 Å². The van der Waals surface area contributed by atoms with E-state index in [0.29, 0.717) is 6.61 Å². The summed E-state index contributed by atoms with van der Waals surface area (Å²) in [5.41, 5.74) is 2.80. The van der Waals surface area contributed by atoms with Gasteiger partial charge >= 0.3 is 0 Å². The lowest BCUT2D eigenvalue weighted by atomic mass is 9.72. The molecule has 0 bridgehead atoms. The Bertz CT molecular complexity index is 402. The van der Waals surface area contributed by atoms with Crippen LogP contribution in [0.3, 0.4) is 0 Å². The number of ether oxygens (including phenoxy) is 2. The molecule has 0 heterocycles. The van der Waals surface area contributed by atoms with Crippen LogP contribution < -0.4 is 0 Å². The first-order chi connectivity index (χ1) is 9.34. The Morgan fingerprint density at radius 3 is 2.55 bits per heavy atom. The Morgan fingerprint density at radius 2 is 2.00 bits per heavy atom. The summed E-state index contributed by atoms with van der Waals surface area (Å²) in [7, 11) is 1.73. The Morgan fingerprint density at radius 1 is 1.30 bits per heavy atom. The van der Waals surface area contributed by atoms with E-state index in [2.05, 4.69) is 32.9 Å². The minimum absolute atomic E-state index is 0.261. The standard InChI is InChI=1S/C18H30O2/c1-7-20-14-13-18(5,19-6)12-10-16-15(2)9-8-11-17(16,3)4/h10,12-14H,7-9,11H2,1-6H3. The summed E-state index contributed by atoms with van der Waals surface area (Å²) in [6.45, 7) is 11.6. The average molecular weight is 278 g/mol. The van der Waals surface area contributed by atoms with Crippen LogP contribution in [0.4, 0.5) is 0 Å². The molecule has 0 aromatic carbocycles. The molecule has 0 aromatic heterocycles. The monoisotopic (exact) mass is 278 g/mol. The van der Waals surface area contributed by atoms with E-state index in [0.717, 1.165) is 0 Å². The summed E-state index contributed by atoms with van der Waals surface area (Å²) < 4.78 is 10.9. The zero-order chi connectivity index (χ0) is 15.2. The highest BCUT2D eigenvalue weighted by Crippen LogP contribution is 2.41. The van der Waals surface area contributed by atoms with Crippen molar-refractivity contribution in [1.82, 2.24) is 0 Å². The minimum Gasteiger partial charge on any atom is -0.502 e. The largest absolute Gasteiger partial charge is 0.502 e. The van der Waals surface area contributed by atoms with E-state index in [1.807, 2.05) is 19.9 Å². The molecular weight excluding hydrogens is 248 g/mol. The van der Waals surface area contributed by atoms with E-state index in [1.54, 1.807) is 13.4 Å². The lowest BCUT2D eigenvalue weighted by molar-refractivity contribution is 0.0873. The number of hydrogen-bond donors (Lipinski definition) is 0. The number of methoxy groups -OCH3 is 1. The van der Waals surface area contributed by atoms with Crippen molar-refractivity contribution >= 4 is 0 Å². The van der Waals surface area contributed by atoms with E-state index in [4.69, 9.17) is 9.47 Å². The molecule has 0 spiro atoms. The van der Waals surface area contributed by atoms with E-state index in [9.17, 15) is 0 Å². The third kappa shape index (κ3) is 4.52. The highest BCUT2D eigenvalue weighted by Gasteiger charge is 2.27. The maximum absolute atomic E-state index is 5.60. The van der Waals surface area contributed by atoms with Crippen LogP contribution in [0.15, 0.2) is 35.6 Å². The maximum Gasteiger partial charge on any atom is 0.105 e. The Kier molecular flexibility index (Phi) is 6.07. The van der Waals surface area contributed by atoms with Crippen molar-refractivity contribution in [3.05, 3.63) is 35.6 Å². The van der Waals surface area contributed by atoms with Crippen molar-refractivity contribution < 1.29 is 9.47 Å². The molecule has 0 amide bonds. The van der Waals surface area contributed by atoms with Gasteiger partial charge in [0.15, 0.2) is 0 Å². The van der Waals surface area contributed by atoms with Crippen LogP contribution in [0, 0.1) is 5.41 Å². The molecule has 1 aliphatic rings. The van der Waals surface area contributed by atoms with Gasteiger partial charge in [0, 0.05) is 7.11 Å². The first kappa shape index (κ1) is 17.0. The smallest absolute Gasteiger partial charge is 0.105 e. The van der Waals surface area contributed by atoms with Gasteiger partial charge in [-0.1, -0.05) is 25.5 Å². The molecule has 0 fully saturated rings. The molecule has 1 aliphatic carbocycles. The molecule has 1 atom stereocenters. The van der Waals surface area contributed by atoms with Gasteiger partial charge in [0.25, 0.3) is 0 Å². The van der Waals surface area contributed by atoms with Crippen molar-refractivity contribution in [3.63, 3.8) is 0 Å². The fourth-order valence-corrected chi connectivity index (χ4v) is 2.73. The normalized spacial score (nSPS) is 22.5. The van der Waals surface area contributed by atoms with Gasteiger partial charge in [0.1, 0.15) is 5.60 Å². The Balaban J connectivity index is 2.93. The molecule has 1 unspecified atom stereocenters. The fraction of sp³-hybridized carbons (Fsp3) is 0.667. The van der Waals surface area contributed by atoms with E-state index < -0.39 is 5.60 Å². The van der Waals surface area contributed by atoms with Crippen molar-refractivity contribution in [1.29, 1.82) is 0 Å². The van der Waals surface area contributed by atoms with E-state index in [-0.39, 0.29) is 5.41 Å². The summed E-state index contributed by atoms with van der Waals surface area (Å²) >= 11 is 0. The molecule has 0 N–H and O–H groups in total. The second kappa shape index (κ2) is 7.12. The SMILES string of the molecule is CCOC=CC(C)(C=CC1=C(C)CCCC1(C)C)OC. The molecule has 0 aromatic rings. The van der Waals surface area contributed by atoms with Gasteiger partial charge in [-0.15, -0.1) is 0 Å². The minimum atomic E-state index is -0.421. The topological polar surface area (TPSA) is 18.5 Å². The third-order valence-electron chi connectivity index (χ3n) is 4.23. The molecule has 2 heteroatoms. The van der Waals surface area contributed by atoms with Crippen molar-refractivity contribution in [2.24, 2.45) is 5.41 Å². The predicted octanol–water partition coefficient (Wildman–Crippen LogP) is 5.02. The summed E-state index contributed by atoms with van der Waals surface area (Å²) in [4.78, 5) is 0. The Hall–Kier alpha value is -1.02. The first-order valence-electron chi connectivity index (χ1n) is 7.58. The predicted molar refractivity (Wildman–Crippen MR) is 85.7 cm³/mol. The molecule has 0 saturated heterocycles. The second-order valence-electron chi connectivity index (χ2n) is 6.41. The highest BCUT2D eigenvalue weighted by atomic mass is 16.5. The molecule has 0 radical (unpaired) electrons. The van der Waals surface area contributed by atoms with Crippen LogP contribution in [-0.4, -0.2) is 19.3 Å². The zero-order valence-corrected chi connectivity index (χ0v) is 14.0. The molecule has 20 heavy (non-hydrogen) atoms. The summed E-state index contributed by atoms with van der Waals surface area (Å²) in [5, 5.41) is 0. The molecular formula is C18H30O2. The van der Waals surface area contributed by atoms with Crippen molar-refractivity contribution in [2.45, 2.75) is 59.5 Å². The molecule has 114 valence electrons. The third-order valence-corrected chi connectivity index (χ3v) is 4.23. The summed E-state index contributed by atoms with van der Waals surface area (Å²) in [6.07, 6.45) is 11.8. The van der Waals surface area contributed by atoms with E-state index in [1.165, 1.54) is 30.4 Å². The van der Waals surface area contributed by atoms with Gasteiger partial charge in [-0.3, -0.25) is 0 Å². The summed E-state index contributed by atoms with van der Waals surface area (Å²) in [5.74, 6) is 0. The molecule has 0 saturated carbocycles. The van der Waals surface area contributed by atoms with Gasteiger partial charge in [0.05, 0.1) is 12.9 Å². The number of hydrogen-bond acceptors (Lipinski definition) is 2.